The monoisotopic (exact) mass is 344 g/mol. The average Bonchev–Trinajstić information content (AvgIpc) is 2.64. The van der Waals surface area contributed by atoms with Crippen molar-refractivity contribution in [3.05, 3.63) is 29.6 Å². The number of nitrogens with zero attached hydrogens (tertiary/aromatic N) is 3. The van der Waals surface area contributed by atoms with Crippen LogP contribution in [0.4, 0.5) is 0 Å². The minimum Gasteiger partial charge on any atom is -0.366 e. The van der Waals surface area contributed by atoms with E-state index in [0.29, 0.717) is 36.7 Å². The first-order chi connectivity index (χ1) is 12.0. The fraction of sp³-hybridized carbons (Fsp3) is 0.556. The third-order valence-electron chi connectivity index (χ3n) is 5.07. The molecule has 0 spiro atoms. The molecule has 2 aliphatic heterocycles. The number of amides is 3. The van der Waals surface area contributed by atoms with Crippen molar-refractivity contribution in [1.29, 1.82) is 0 Å². The standard InChI is InChI=1S/C18H24N4O3/c19-17(24)14-4-5-15(20-11-14)18(25)21-9-6-13(7-10-21)12-22-8-2-1-3-16(22)23/h4-5,11,13H,1-3,6-10,12H2,(H2,19,24). The van der Waals surface area contributed by atoms with Gasteiger partial charge in [0.15, 0.2) is 0 Å². The molecule has 0 aromatic carbocycles. The van der Waals surface area contributed by atoms with Crippen LogP contribution < -0.4 is 5.73 Å². The van der Waals surface area contributed by atoms with Crippen LogP contribution in [-0.2, 0) is 4.79 Å². The summed E-state index contributed by atoms with van der Waals surface area (Å²) in [5.41, 5.74) is 5.80. The molecule has 3 heterocycles. The smallest absolute Gasteiger partial charge is 0.272 e. The molecule has 0 saturated carbocycles. The maximum Gasteiger partial charge on any atom is 0.272 e. The lowest BCUT2D eigenvalue weighted by atomic mass is 9.95. The predicted octanol–water partition coefficient (Wildman–Crippen LogP) is 1.05. The number of piperidine rings is 2. The van der Waals surface area contributed by atoms with Crippen LogP contribution in [0.1, 0.15) is 53.0 Å². The van der Waals surface area contributed by atoms with Crippen molar-refractivity contribution in [2.24, 2.45) is 11.7 Å². The van der Waals surface area contributed by atoms with Crippen molar-refractivity contribution in [3.63, 3.8) is 0 Å². The Bertz CT molecular complexity index is 651. The molecular formula is C18H24N4O3. The quantitative estimate of drug-likeness (QED) is 0.883. The van der Waals surface area contributed by atoms with Crippen molar-refractivity contribution in [2.45, 2.75) is 32.1 Å². The molecule has 7 heteroatoms. The summed E-state index contributed by atoms with van der Waals surface area (Å²) in [5, 5.41) is 0. The Morgan fingerprint density at radius 1 is 1.16 bits per heavy atom. The number of carbonyl (C=O) groups excluding carboxylic acids is 3. The lowest BCUT2D eigenvalue weighted by molar-refractivity contribution is -0.134. The summed E-state index contributed by atoms with van der Waals surface area (Å²) in [6.45, 7) is 3.02. The van der Waals surface area contributed by atoms with Crippen molar-refractivity contribution in [2.75, 3.05) is 26.2 Å². The minimum atomic E-state index is -0.556. The maximum atomic E-state index is 12.5. The number of primary amides is 1. The van der Waals surface area contributed by atoms with Crippen molar-refractivity contribution >= 4 is 17.7 Å². The number of aromatic nitrogens is 1. The van der Waals surface area contributed by atoms with Gasteiger partial charge in [-0.05, 0) is 43.7 Å². The Morgan fingerprint density at radius 2 is 1.92 bits per heavy atom. The van der Waals surface area contributed by atoms with E-state index in [2.05, 4.69) is 4.98 Å². The summed E-state index contributed by atoms with van der Waals surface area (Å²) in [6, 6.07) is 3.07. The van der Waals surface area contributed by atoms with E-state index in [-0.39, 0.29) is 11.8 Å². The summed E-state index contributed by atoms with van der Waals surface area (Å²) in [4.78, 5) is 43.3. The highest BCUT2D eigenvalue weighted by Gasteiger charge is 2.27. The van der Waals surface area contributed by atoms with Crippen LogP contribution in [0.25, 0.3) is 0 Å². The second-order valence-corrected chi connectivity index (χ2v) is 6.83. The van der Waals surface area contributed by atoms with Gasteiger partial charge in [0.2, 0.25) is 11.8 Å². The SMILES string of the molecule is NC(=O)c1ccc(C(=O)N2CCC(CN3CCCCC3=O)CC2)nc1. The summed E-state index contributed by atoms with van der Waals surface area (Å²) >= 11 is 0. The fourth-order valence-electron chi connectivity index (χ4n) is 3.51. The number of carbonyl (C=O) groups is 3. The lowest BCUT2D eigenvalue weighted by Crippen LogP contribution is -2.44. The molecule has 2 saturated heterocycles. The van der Waals surface area contributed by atoms with Crippen LogP contribution in [0.2, 0.25) is 0 Å². The molecule has 1 aromatic rings. The highest BCUT2D eigenvalue weighted by Crippen LogP contribution is 2.22. The van der Waals surface area contributed by atoms with Gasteiger partial charge in [0.25, 0.3) is 5.91 Å². The molecule has 2 fully saturated rings. The Hall–Kier alpha value is -2.44. The van der Waals surface area contributed by atoms with E-state index in [1.807, 2.05) is 4.90 Å². The molecule has 3 rings (SSSR count). The van der Waals surface area contributed by atoms with Gasteiger partial charge >= 0.3 is 0 Å². The van der Waals surface area contributed by atoms with Gasteiger partial charge in [-0.2, -0.15) is 0 Å². The van der Waals surface area contributed by atoms with E-state index in [0.717, 1.165) is 38.8 Å². The molecule has 0 atom stereocenters. The third kappa shape index (κ3) is 4.15. The van der Waals surface area contributed by atoms with Gasteiger partial charge in [-0.1, -0.05) is 0 Å². The zero-order valence-electron chi connectivity index (χ0n) is 14.3. The lowest BCUT2D eigenvalue weighted by Gasteiger charge is -2.36. The maximum absolute atomic E-state index is 12.5. The summed E-state index contributed by atoms with van der Waals surface area (Å²) in [7, 11) is 0. The Kier molecular flexibility index (Phi) is 5.31. The third-order valence-corrected chi connectivity index (χ3v) is 5.07. The Balaban J connectivity index is 1.52. The van der Waals surface area contributed by atoms with Crippen LogP contribution >= 0.6 is 0 Å². The van der Waals surface area contributed by atoms with Crippen molar-refractivity contribution in [3.8, 4) is 0 Å². The van der Waals surface area contributed by atoms with Gasteiger partial charge in [-0.15, -0.1) is 0 Å². The predicted molar refractivity (Wildman–Crippen MR) is 91.8 cm³/mol. The number of rotatable bonds is 4. The van der Waals surface area contributed by atoms with Gasteiger partial charge in [0.05, 0.1) is 5.56 Å². The van der Waals surface area contributed by atoms with E-state index in [1.54, 1.807) is 11.0 Å². The first-order valence-corrected chi connectivity index (χ1v) is 8.87. The number of pyridine rings is 1. The first-order valence-electron chi connectivity index (χ1n) is 8.87. The molecule has 0 radical (unpaired) electrons. The summed E-state index contributed by atoms with van der Waals surface area (Å²) < 4.78 is 0. The highest BCUT2D eigenvalue weighted by atomic mass is 16.2. The number of hydrogen-bond donors (Lipinski definition) is 1. The van der Waals surface area contributed by atoms with Crippen molar-refractivity contribution < 1.29 is 14.4 Å². The molecule has 0 aliphatic carbocycles. The number of hydrogen-bond acceptors (Lipinski definition) is 4. The van der Waals surface area contributed by atoms with E-state index < -0.39 is 5.91 Å². The van der Waals surface area contributed by atoms with E-state index >= 15 is 0 Å². The molecular weight excluding hydrogens is 320 g/mol. The molecule has 25 heavy (non-hydrogen) atoms. The topological polar surface area (TPSA) is 96.6 Å². The Labute approximate surface area is 147 Å². The van der Waals surface area contributed by atoms with E-state index in [1.165, 1.54) is 12.3 Å². The fourth-order valence-corrected chi connectivity index (χ4v) is 3.51. The largest absolute Gasteiger partial charge is 0.366 e. The van der Waals surface area contributed by atoms with Crippen LogP contribution in [0, 0.1) is 5.92 Å². The molecule has 7 nitrogen and oxygen atoms in total. The molecule has 134 valence electrons. The van der Waals surface area contributed by atoms with E-state index in [9.17, 15) is 14.4 Å². The van der Waals surface area contributed by atoms with Gasteiger partial charge < -0.3 is 15.5 Å². The van der Waals surface area contributed by atoms with Gasteiger partial charge in [-0.3, -0.25) is 19.4 Å². The average molecular weight is 344 g/mol. The first kappa shape index (κ1) is 17.4. The van der Waals surface area contributed by atoms with Crippen LogP contribution in [0.15, 0.2) is 18.3 Å². The number of likely N-dealkylation sites (tertiary alicyclic amines) is 2. The van der Waals surface area contributed by atoms with Gasteiger partial charge in [0.1, 0.15) is 5.69 Å². The number of nitrogens with two attached hydrogens (primary N) is 1. The normalized spacial score (nSPS) is 19.1. The molecule has 2 aliphatic rings. The van der Waals surface area contributed by atoms with Crippen LogP contribution in [0.3, 0.4) is 0 Å². The zero-order chi connectivity index (χ0) is 17.8. The van der Waals surface area contributed by atoms with Gasteiger partial charge in [0, 0.05) is 38.8 Å². The minimum absolute atomic E-state index is 0.122. The molecule has 2 N–H and O–H groups in total. The van der Waals surface area contributed by atoms with Gasteiger partial charge in [-0.25, -0.2) is 0 Å². The zero-order valence-corrected chi connectivity index (χ0v) is 14.3. The summed E-state index contributed by atoms with van der Waals surface area (Å²) in [6.07, 6.45) is 5.90. The van der Waals surface area contributed by atoms with E-state index in [4.69, 9.17) is 5.73 Å². The molecule has 1 aromatic heterocycles. The van der Waals surface area contributed by atoms with Crippen LogP contribution in [-0.4, -0.2) is 58.7 Å². The molecule has 3 amide bonds. The highest BCUT2D eigenvalue weighted by molar-refractivity contribution is 5.95. The summed E-state index contributed by atoms with van der Waals surface area (Å²) in [5.74, 6) is 0.0443. The second-order valence-electron chi connectivity index (χ2n) is 6.83. The second kappa shape index (κ2) is 7.63. The van der Waals surface area contributed by atoms with Crippen LogP contribution in [0.5, 0.6) is 0 Å². The molecule has 0 bridgehead atoms. The van der Waals surface area contributed by atoms with Crippen molar-refractivity contribution in [1.82, 2.24) is 14.8 Å². The Morgan fingerprint density at radius 3 is 2.52 bits per heavy atom. The molecule has 0 unspecified atom stereocenters.